The molecule has 8 aromatic rings. The summed E-state index contributed by atoms with van der Waals surface area (Å²) in [6.07, 6.45) is 0. The molecule has 0 spiro atoms. The Morgan fingerprint density at radius 1 is 0.419 bits per heavy atom. The molecule has 9 rings (SSSR count). The minimum Gasteiger partial charge on any atom is -0.309 e. The van der Waals surface area contributed by atoms with E-state index in [9.17, 15) is 0 Å². The SMILES string of the molecule is CC(C)(C)c1ccc(-c2ccc3cc4c(cc3c2)-c2cc3cc(-n5c6ccccc6c6ccccc65)ccc3cc2-4)cc1. The first-order chi connectivity index (χ1) is 20.9. The lowest BCUT2D eigenvalue weighted by molar-refractivity contribution is 0.590. The third kappa shape index (κ3) is 3.64. The van der Waals surface area contributed by atoms with Crippen LogP contribution in [0.1, 0.15) is 26.3 Å². The van der Waals surface area contributed by atoms with Gasteiger partial charge in [0.2, 0.25) is 0 Å². The van der Waals surface area contributed by atoms with Crippen LogP contribution in [0.25, 0.3) is 82.4 Å². The third-order valence-electron chi connectivity index (χ3n) is 9.44. The van der Waals surface area contributed by atoms with E-state index in [1.54, 1.807) is 0 Å². The maximum absolute atomic E-state index is 2.40. The molecule has 204 valence electrons. The fourth-order valence-electron chi connectivity index (χ4n) is 7.09. The second-order valence-corrected chi connectivity index (χ2v) is 13.1. The van der Waals surface area contributed by atoms with E-state index in [4.69, 9.17) is 0 Å². The second kappa shape index (κ2) is 8.69. The number of para-hydroxylation sites is 2. The Morgan fingerprint density at radius 2 is 0.907 bits per heavy atom. The van der Waals surface area contributed by atoms with Gasteiger partial charge in [-0.15, -0.1) is 0 Å². The summed E-state index contributed by atoms with van der Waals surface area (Å²) < 4.78 is 2.40. The number of hydrogen-bond donors (Lipinski definition) is 0. The number of fused-ring (bicyclic) bond motifs is 9. The molecule has 0 atom stereocenters. The summed E-state index contributed by atoms with van der Waals surface area (Å²) in [5, 5.41) is 7.73. The fourth-order valence-corrected chi connectivity index (χ4v) is 7.09. The van der Waals surface area contributed by atoms with Gasteiger partial charge in [-0.05, 0) is 121 Å². The zero-order valence-corrected chi connectivity index (χ0v) is 24.6. The molecule has 0 radical (unpaired) electrons. The predicted molar refractivity (Wildman–Crippen MR) is 184 cm³/mol. The van der Waals surface area contributed by atoms with Crippen LogP contribution in [0.5, 0.6) is 0 Å². The van der Waals surface area contributed by atoms with Gasteiger partial charge in [-0.25, -0.2) is 0 Å². The van der Waals surface area contributed by atoms with Gasteiger partial charge >= 0.3 is 0 Å². The number of benzene rings is 7. The summed E-state index contributed by atoms with van der Waals surface area (Å²) >= 11 is 0. The lowest BCUT2D eigenvalue weighted by Crippen LogP contribution is -2.10. The molecule has 1 heteroatoms. The van der Waals surface area contributed by atoms with Crippen molar-refractivity contribution in [1.82, 2.24) is 4.57 Å². The number of aromatic nitrogens is 1. The van der Waals surface area contributed by atoms with Crippen LogP contribution in [-0.4, -0.2) is 4.57 Å². The summed E-state index contributed by atoms with van der Waals surface area (Å²) in [4.78, 5) is 0. The second-order valence-electron chi connectivity index (χ2n) is 13.1. The molecule has 0 fully saturated rings. The van der Waals surface area contributed by atoms with Gasteiger partial charge < -0.3 is 4.57 Å². The molecule has 1 aliphatic carbocycles. The Morgan fingerprint density at radius 3 is 1.49 bits per heavy atom. The van der Waals surface area contributed by atoms with E-state index in [0.29, 0.717) is 0 Å². The summed E-state index contributed by atoms with van der Waals surface area (Å²) in [7, 11) is 0. The molecule has 0 saturated carbocycles. The van der Waals surface area contributed by atoms with Gasteiger partial charge in [0, 0.05) is 16.5 Å². The van der Waals surface area contributed by atoms with Crippen molar-refractivity contribution in [3.8, 4) is 39.1 Å². The average Bonchev–Trinajstić information content (AvgIpc) is 3.37. The maximum Gasteiger partial charge on any atom is 0.0541 e. The molecule has 1 heterocycles. The quantitative estimate of drug-likeness (QED) is 0.202. The standard InChI is InChI=1S/C42H31N/c1-42(2,3)32-17-14-26(15-18-32)27-12-13-28-22-36-37-23-29-16-19-33(21-31(29)25-39(37)38(36)24-30(28)20-27)43-40-10-6-4-8-34(40)35-9-5-7-11-41(35)43/h4-25H,1-3H3. The molecule has 1 nitrogen and oxygen atoms in total. The Balaban J connectivity index is 1.14. The van der Waals surface area contributed by atoms with E-state index in [0.717, 1.165) is 0 Å². The van der Waals surface area contributed by atoms with Crippen molar-refractivity contribution >= 4 is 43.4 Å². The Bertz CT molecular complexity index is 2360. The Kier molecular flexibility index (Phi) is 4.94. The zero-order valence-electron chi connectivity index (χ0n) is 24.6. The van der Waals surface area contributed by atoms with Crippen LogP contribution in [-0.2, 0) is 5.41 Å². The van der Waals surface area contributed by atoms with Crippen molar-refractivity contribution in [2.24, 2.45) is 0 Å². The molecule has 0 N–H and O–H groups in total. The molecule has 0 amide bonds. The fraction of sp³-hybridized carbons (Fsp3) is 0.0952. The highest BCUT2D eigenvalue weighted by Crippen LogP contribution is 2.50. The monoisotopic (exact) mass is 549 g/mol. The number of nitrogens with zero attached hydrogens (tertiary/aromatic N) is 1. The van der Waals surface area contributed by atoms with Gasteiger partial charge in [-0.3, -0.25) is 0 Å². The van der Waals surface area contributed by atoms with E-state index in [2.05, 4.69) is 159 Å². The van der Waals surface area contributed by atoms with Crippen molar-refractivity contribution in [1.29, 1.82) is 0 Å². The highest BCUT2D eigenvalue weighted by atomic mass is 15.0. The minimum absolute atomic E-state index is 0.159. The van der Waals surface area contributed by atoms with Crippen molar-refractivity contribution in [3.63, 3.8) is 0 Å². The first-order valence-electron chi connectivity index (χ1n) is 15.2. The van der Waals surface area contributed by atoms with Crippen LogP contribution >= 0.6 is 0 Å². The smallest absolute Gasteiger partial charge is 0.0541 e. The van der Waals surface area contributed by atoms with Gasteiger partial charge in [0.1, 0.15) is 0 Å². The molecule has 0 saturated heterocycles. The summed E-state index contributed by atoms with van der Waals surface area (Å²) in [5.74, 6) is 0. The number of rotatable bonds is 2. The maximum atomic E-state index is 2.40. The van der Waals surface area contributed by atoms with Gasteiger partial charge in [0.15, 0.2) is 0 Å². The molecule has 0 aliphatic heterocycles. The third-order valence-corrected chi connectivity index (χ3v) is 9.44. The molecule has 43 heavy (non-hydrogen) atoms. The van der Waals surface area contributed by atoms with Gasteiger partial charge in [-0.2, -0.15) is 0 Å². The molecular formula is C42H31N. The van der Waals surface area contributed by atoms with Crippen LogP contribution < -0.4 is 0 Å². The van der Waals surface area contributed by atoms with Crippen LogP contribution in [0.3, 0.4) is 0 Å². The molecule has 7 aromatic carbocycles. The predicted octanol–water partition coefficient (Wildman–Crippen LogP) is 11.7. The van der Waals surface area contributed by atoms with E-state index < -0.39 is 0 Å². The van der Waals surface area contributed by atoms with Crippen molar-refractivity contribution in [2.75, 3.05) is 0 Å². The first kappa shape index (κ1) is 24.5. The Hall–Kier alpha value is -5.14. The van der Waals surface area contributed by atoms with Gasteiger partial charge in [0.25, 0.3) is 0 Å². The lowest BCUT2D eigenvalue weighted by Gasteiger charge is -2.26. The minimum atomic E-state index is 0.159. The number of hydrogen-bond acceptors (Lipinski definition) is 0. The van der Waals surface area contributed by atoms with Crippen LogP contribution in [0.2, 0.25) is 0 Å². The molecule has 1 aliphatic rings. The van der Waals surface area contributed by atoms with E-state index in [-0.39, 0.29) is 5.41 Å². The largest absolute Gasteiger partial charge is 0.309 e. The van der Waals surface area contributed by atoms with Gasteiger partial charge in [-0.1, -0.05) is 99.6 Å². The topological polar surface area (TPSA) is 4.93 Å². The van der Waals surface area contributed by atoms with E-state index in [1.807, 2.05) is 0 Å². The Labute approximate surface area is 251 Å². The van der Waals surface area contributed by atoms with Crippen LogP contribution in [0.4, 0.5) is 0 Å². The molecular weight excluding hydrogens is 518 g/mol. The summed E-state index contributed by atoms with van der Waals surface area (Å²) in [6.45, 7) is 6.80. The molecule has 0 unspecified atom stereocenters. The van der Waals surface area contributed by atoms with Crippen molar-refractivity contribution < 1.29 is 0 Å². The van der Waals surface area contributed by atoms with Crippen LogP contribution in [0.15, 0.2) is 133 Å². The van der Waals surface area contributed by atoms with Gasteiger partial charge in [0.05, 0.1) is 11.0 Å². The molecule has 1 aromatic heterocycles. The lowest BCUT2D eigenvalue weighted by atomic mass is 9.77. The first-order valence-corrected chi connectivity index (χ1v) is 15.2. The van der Waals surface area contributed by atoms with Crippen molar-refractivity contribution in [2.45, 2.75) is 26.2 Å². The molecule has 0 bridgehead atoms. The summed E-state index contributed by atoms with van der Waals surface area (Å²) in [5.41, 5.74) is 13.2. The van der Waals surface area contributed by atoms with Crippen molar-refractivity contribution in [3.05, 3.63) is 139 Å². The highest BCUT2D eigenvalue weighted by Gasteiger charge is 2.24. The average molecular weight is 550 g/mol. The van der Waals surface area contributed by atoms with E-state index in [1.165, 1.54) is 88.0 Å². The van der Waals surface area contributed by atoms with Crippen LogP contribution in [0, 0.1) is 0 Å². The van der Waals surface area contributed by atoms with E-state index >= 15 is 0 Å². The normalized spacial score (nSPS) is 12.5. The summed E-state index contributed by atoms with van der Waals surface area (Å²) in [6, 6.07) is 49.8. The zero-order chi connectivity index (χ0) is 28.9. The highest BCUT2D eigenvalue weighted by molar-refractivity contribution is 6.13.